The number of benzene rings is 3. The molecule has 2 aliphatic rings. The van der Waals surface area contributed by atoms with Crippen LogP contribution in [0, 0.1) is 63.6 Å². The molecule has 96 heavy (non-hydrogen) atoms. The van der Waals surface area contributed by atoms with E-state index < -0.39 is 135 Å². The van der Waals surface area contributed by atoms with Gasteiger partial charge in [-0.15, -0.1) is 0 Å². The molecule has 3 aromatic carbocycles. The quantitative estimate of drug-likeness (QED) is 0.00935. The molecule has 0 spiro atoms. The van der Waals surface area contributed by atoms with Gasteiger partial charge in [0.2, 0.25) is 46.0 Å². The number of esters is 2. The van der Waals surface area contributed by atoms with Crippen LogP contribution < -0.4 is 35.2 Å². The Morgan fingerprint density at radius 2 is 1.00 bits per heavy atom. The molecular formula is C60H71F5N12O17P2. The van der Waals surface area contributed by atoms with E-state index in [2.05, 4.69) is 30.3 Å². The first kappa shape index (κ1) is 74.9. The SMILES string of the molecule is CCC(CC)COC(=O)[C@H](C)N[P@](=O)(OC[C@H]1O[C@@](C#N)(c2ccc3c(N)ncnn23)[C@H](O)[C@@H]1O)Oc1ccccc1.CCC(CC)COC(=O)[C@H](C)N[P@](=O)(Oc1ccccc1)Oc1c(F)c(F)c(F)c(F)c1F.N#C[C@@]1(c2ccc3c(N)ncnn23)O[C@H](CO)[C@@H](O)[C@H]1O. The third-order valence-corrected chi connectivity index (χ3v) is 18.7. The summed E-state index contributed by atoms with van der Waals surface area (Å²) < 4.78 is 142. The van der Waals surface area contributed by atoms with Gasteiger partial charge in [0, 0.05) is 0 Å². The van der Waals surface area contributed by atoms with Gasteiger partial charge in [0.05, 0.1) is 37.8 Å². The molecule has 2 fully saturated rings. The highest BCUT2D eigenvalue weighted by Crippen LogP contribution is 2.50. The van der Waals surface area contributed by atoms with Crippen LogP contribution in [0.3, 0.4) is 0 Å². The van der Waals surface area contributed by atoms with Crippen LogP contribution in [-0.4, -0.2) is 142 Å². The predicted octanol–water partition coefficient (Wildman–Crippen LogP) is 6.36. The van der Waals surface area contributed by atoms with Gasteiger partial charge in [0.15, 0.2) is 11.6 Å². The summed E-state index contributed by atoms with van der Waals surface area (Å²) in [5, 5.41) is 83.6. The fourth-order valence-electron chi connectivity index (χ4n) is 9.75. The molecule has 0 saturated carbocycles. The Kier molecular flexibility index (Phi) is 25.4. The molecule has 6 heterocycles. The number of carbonyl (C=O) groups excluding carboxylic acids is 2. The van der Waals surface area contributed by atoms with E-state index >= 15 is 0 Å². The van der Waals surface area contributed by atoms with E-state index in [9.17, 15) is 76.7 Å². The molecule has 0 aliphatic carbocycles. The number of nitrogens with zero attached hydrogens (tertiary/aromatic N) is 8. The molecule has 0 bridgehead atoms. The van der Waals surface area contributed by atoms with Crippen LogP contribution in [0.1, 0.15) is 78.6 Å². The minimum Gasteiger partial charge on any atom is -0.464 e. The Morgan fingerprint density at radius 3 is 1.40 bits per heavy atom. The monoisotopic (exact) mass is 1390 g/mol. The molecule has 518 valence electrons. The molecule has 9 rings (SSSR count). The lowest BCUT2D eigenvalue weighted by atomic mass is 9.92. The minimum absolute atomic E-state index is 0.0696. The number of ether oxygens (including phenoxy) is 4. The molecule has 0 radical (unpaired) electrons. The lowest BCUT2D eigenvalue weighted by molar-refractivity contribution is -0.147. The fourth-order valence-corrected chi connectivity index (χ4v) is 12.8. The number of para-hydroxylation sites is 2. The molecular weight excluding hydrogens is 1320 g/mol. The second kappa shape index (κ2) is 32.5. The highest BCUT2D eigenvalue weighted by atomic mass is 31.2. The molecule has 12 atom stereocenters. The van der Waals surface area contributed by atoms with Crippen LogP contribution in [0.5, 0.6) is 17.2 Å². The standard InChI is InChI=1S/C27H35N6O8P.C21H23F5NO5P.C12H13N5O4/c1-4-18(5-2)13-38-26(36)17(3)32-42(37,41-19-9-7-6-8-10-19)39-14-21-23(34)24(35)27(15-28,40-21)22-12-11-20-25(29)30-16-31-33(20)22;1-4-13(5-2)11-30-21(28)12(3)27-33(29,31-14-9-7-6-8-10-14)32-20-18(25)16(23)15(22)17(24)19(20)26;13-4-12(10(20)9(19)7(3-18)21-12)8-2-1-6-11(14)15-5-16-17(6)8/h6-12,16-18,21,23-24,34-35H,4-5,13-14H2,1-3H3,(H,32,37)(H2,29,30,31);6-10,12-13H,4-5,11H2,1-3H3,(H,27,29);1-2,5,7,9-10,18-20H,3H2,(H2,14,15,16)/t17-,21+,23+,24+,27-,42-;12-,33-;7-,9-,10-,12+/m001/s1. The van der Waals surface area contributed by atoms with Crippen molar-refractivity contribution < 1.29 is 103 Å². The summed E-state index contributed by atoms with van der Waals surface area (Å²) in [6, 6.07) is 22.7. The number of nitriles is 2. The van der Waals surface area contributed by atoms with Crippen LogP contribution in [0.4, 0.5) is 33.6 Å². The molecule has 2 saturated heterocycles. The number of nitrogens with two attached hydrogens (primary N) is 2. The number of aliphatic hydroxyl groups is 5. The smallest absolute Gasteiger partial charge is 0.464 e. The fraction of sp³-hybridized carbons (Fsp3) is 0.433. The van der Waals surface area contributed by atoms with E-state index in [0.717, 1.165) is 25.7 Å². The third kappa shape index (κ3) is 16.5. The van der Waals surface area contributed by atoms with Crippen molar-refractivity contribution in [3.8, 4) is 29.4 Å². The number of anilines is 2. The zero-order valence-electron chi connectivity index (χ0n) is 52.3. The van der Waals surface area contributed by atoms with Gasteiger partial charge in [-0.2, -0.15) is 39.7 Å². The molecule has 11 N–H and O–H groups in total. The van der Waals surface area contributed by atoms with Gasteiger partial charge < -0.3 is 69.5 Å². The van der Waals surface area contributed by atoms with E-state index in [0.29, 0.717) is 11.0 Å². The zero-order valence-corrected chi connectivity index (χ0v) is 54.1. The van der Waals surface area contributed by atoms with Crippen LogP contribution in [0.2, 0.25) is 0 Å². The number of aromatic nitrogens is 6. The average Bonchev–Trinajstić information content (AvgIpc) is 1.58. The summed E-state index contributed by atoms with van der Waals surface area (Å²) in [6.07, 6.45) is -3.17. The number of halogens is 5. The first-order valence-electron chi connectivity index (χ1n) is 29.8. The highest BCUT2D eigenvalue weighted by molar-refractivity contribution is 7.52. The number of carbonyl (C=O) groups is 2. The van der Waals surface area contributed by atoms with Gasteiger partial charge in [-0.1, -0.05) is 89.8 Å². The summed E-state index contributed by atoms with van der Waals surface area (Å²) in [6.45, 7) is 9.64. The topological polar surface area (TPSA) is 427 Å². The number of nitrogens with one attached hydrogen (secondary N) is 2. The molecule has 0 amide bonds. The molecule has 36 heteroatoms. The number of hydrogen-bond acceptors (Lipinski definition) is 25. The Hall–Kier alpha value is -8.47. The van der Waals surface area contributed by atoms with Crippen molar-refractivity contribution in [2.45, 2.75) is 127 Å². The number of aliphatic hydroxyl groups excluding tert-OH is 5. The maximum atomic E-state index is 14.1. The first-order valence-corrected chi connectivity index (χ1v) is 32.9. The van der Waals surface area contributed by atoms with E-state index in [1.165, 1.54) is 71.9 Å². The first-order chi connectivity index (χ1) is 45.6. The molecule has 4 aromatic heterocycles. The van der Waals surface area contributed by atoms with E-state index in [1.807, 2.05) is 39.8 Å². The van der Waals surface area contributed by atoms with Crippen LogP contribution >= 0.6 is 15.5 Å². The van der Waals surface area contributed by atoms with Crippen molar-refractivity contribution in [1.29, 1.82) is 10.5 Å². The second-order valence-corrected chi connectivity index (χ2v) is 25.1. The average molecular weight is 1390 g/mol. The Morgan fingerprint density at radius 1 is 0.615 bits per heavy atom. The van der Waals surface area contributed by atoms with E-state index in [4.69, 9.17) is 48.5 Å². The Labute approximate surface area is 545 Å². The molecule has 29 nitrogen and oxygen atoms in total. The molecule has 7 aromatic rings. The summed E-state index contributed by atoms with van der Waals surface area (Å²) in [5.41, 5.74) is 8.80. The van der Waals surface area contributed by atoms with Crippen molar-refractivity contribution >= 4 is 50.1 Å². The van der Waals surface area contributed by atoms with Gasteiger partial charge in [-0.05, 0) is 74.2 Å². The van der Waals surface area contributed by atoms with Gasteiger partial charge in [0.1, 0.15) is 96.0 Å². The van der Waals surface area contributed by atoms with Crippen molar-refractivity contribution in [1.82, 2.24) is 39.4 Å². The van der Waals surface area contributed by atoms with E-state index in [-0.39, 0.29) is 59.6 Å². The van der Waals surface area contributed by atoms with Crippen molar-refractivity contribution in [2.75, 3.05) is 37.9 Å². The second-order valence-electron chi connectivity index (χ2n) is 21.8. The van der Waals surface area contributed by atoms with Gasteiger partial charge in [0.25, 0.3) is 0 Å². The summed E-state index contributed by atoms with van der Waals surface area (Å²) >= 11 is 0. The van der Waals surface area contributed by atoms with Crippen molar-refractivity contribution in [3.63, 3.8) is 0 Å². The number of rotatable bonds is 26. The van der Waals surface area contributed by atoms with Crippen molar-refractivity contribution in [3.05, 3.63) is 138 Å². The summed E-state index contributed by atoms with van der Waals surface area (Å²) in [5.74, 6) is -14.4. The van der Waals surface area contributed by atoms with Gasteiger partial charge >= 0.3 is 27.4 Å². The maximum absolute atomic E-state index is 14.1. The number of hydrogen-bond donors (Lipinski definition) is 9. The summed E-state index contributed by atoms with van der Waals surface area (Å²) in [7, 11) is -9.25. The van der Waals surface area contributed by atoms with Crippen LogP contribution in [0.15, 0.2) is 97.6 Å². The van der Waals surface area contributed by atoms with Crippen LogP contribution in [0.25, 0.3) is 11.0 Å². The highest BCUT2D eigenvalue weighted by Gasteiger charge is 2.59. The van der Waals surface area contributed by atoms with E-state index in [1.54, 1.807) is 48.5 Å². The van der Waals surface area contributed by atoms with Crippen molar-refractivity contribution in [2.24, 2.45) is 11.8 Å². The largest absolute Gasteiger partial charge is 0.513 e. The normalized spacial score (nSPS) is 22.5. The molecule has 2 aliphatic heterocycles. The van der Waals surface area contributed by atoms with Gasteiger partial charge in [-0.3, -0.25) is 14.1 Å². The maximum Gasteiger partial charge on any atom is 0.513 e. The number of fused-ring (bicyclic) bond motifs is 2. The predicted molar refractivity (Wildman–Crippen MR) is 328 cm³/mol. The minimum atomic E-state index is -4.93. The lowest BCUT2D eigenvalue weighted by Crippen LogP contribution is -2.41. The zero-order chi connectivity index (χ0) is 70.5. The number of nitrogen functional groups attached to an aromatic ring is 2. The summed E-state index contributed by atoms with van der Waals surface area (Å²) in [4.78, 5) is 32.7. The Balaban J connectivity index is 0.000000214. The van der Waals surface area contributed by atoms with Gasteiger partial charge in [-0.25, -0.2) is 41.3 Å². The van der Waals surface area contributed by atoms with Crippen LogP contribution in [-0.2, 0) is 53.4 Å². The third-order valence-electron chi connectivity index (χ3n) is 15.5. The molecule has 0 unspecified atom stereocenters. The lowest BCUT2D eigenvalue weighted by Gasteiger charge is -2.25. The Bertz CT molecular complexity index is 3970.